The third-order valence-corrected chi connectivity index (χ3v) is 5.22. The molecule has 3 aromatic rings. The van der Waals surface area contributed by atoms with Crippen LogP contribution in [0.5, 0.6) is 0 Å². The highest BCUT2D eigenvalue weighted by Crippen LogP contribution is 2.36. The highest BCUT2D eigenvalue weighted by atomic mass is 19.4. The van der Waals surface area contributed by atoms with E-state index >= 15 is 0 Å². The van der Waals surface area contributed by atoms with Crippen molar-refractivity contribution in [1.29, 1.82) is 0 Å². The van der Waals surface area contributed by atoms with Crippen molar-refractivity contribution >= 4 is 5.91 Å². The number of hydrogen-bond acceptors (Lipinski definition) is 4. The minimum Gasteiger partial charge on any atom is -0.441 e. The SMILES string of the molecule is Cc1cc(C(=O)N[C@H]2CCCc3oc(-c4ccnc(C(F)(F)F)c4)nc32)cc(C(F)(F)F)c1. The van der Waals surface area contributed by atoms with Crippen molar-refractivity contribution in [3.63, 3.8) is 0 Å². The molecule has 1 aliphatic carbocycles. The third-order valence-electron chi connectivity index (χ3n) is 5.22. The average Bonchev–Trinajstić information content (AvgIpc) is 3.17. The van der Waals surface area contributed by atoms with Crippen molar-refractivity contribution < 1.29 is 35.6 Å². The molecule has 174 valence electrons. The number of halogens is 6. The van der Waals surface area contributed by atoms with Crippen LogP contribution in [-0.2, 0) is 18.8 Å². The van der Waals surface area contributed by atoms with E-state index in [1.165, 1.54) is 19.1 Å². The van der Waals surface area contributed by atoms with Crippen molar-refractivity contribution in [2.75, 3.05) is 0 Å². The molecule has 0 radical (unpaired) electrons. The van der Waals surface area contributed by atoms with Crippen LogP contribution in [-0.4, -0.2) is 15.9 Å². The predicted molar refractivity (Wildman–Crippen MR) is 104 cm³/mol. The van der Waals surface area contributed by atoms with E-state index in [0.29, 0.717) is 30.7 Å². The summed E-state index contributed by atoms with van der Waals surface area (Å²) in [5.74, 6) is -0.356. The molecule has 1 amide bonds. The number of aryl methyl sites for hydroxylation is 2. The predicted octanol–water partition coefficient (Wildman–Crippen LogP) is 5.89. The van der Waals surface area contributed by atoms with Crippen LogP contribution in [0.4, 0.5) is 26.3 Å². The number of benzene rings is 1. The Balaban J connectivity index is 1.61. The topological polar surface area (TPSA) is 68.0 Å². The van der Waals surface area contributed by atoms with Crippen LogP contribution in [0.3, 0.4) is 0 Å². The number of alkyl halides is 6. The smallest absolute Gasteiger partial charge is 0.433 e. The average molecular weight is 469 g/mol. The molecule has 4 rings (SSSR count). The number of rotatable bonds is 3. The van der Waals surface area contributed by atoms with Gasteiger partial charge >= 0.3 is 12.4 Å². The lowest BCUT2D eigenvalue weighted by Crippen LogP contribution is -2.31. The first-order valence-electron chi connectivity index (χ1n) is 9.95. The first-order valence-corrected chi connectivity index (χ1v) is 9.95. The number of nitrogens with one attached hydrogen (secondary N) is 1. The summed E-state index contributed by atoms with van der Waals surface area (Å²) < 4.78 is 83.9. The Labute approximate surface area is 183 Å². The molecule has 0 saturated heterocycles. The molecule has 0 saturated carbocycles. The number of carbonyl (C=O) groups excluding carboxylic acids is 1. The normalized spacial score (nSPS) is 16.4. The zero-order valence-corrected chi connectivity index (χ0v) is 17.1. The van der Waals surface area contributed by atoms with E-state index < -0.39 is 35.6 Å². The van der Waals surface area contributed by atoms with Crippen LogP contribution in [0.2, 0.25) is 0 Å². The van der Waals surface area contributed by atoms with Crippen molar-refractivity contribution in [3.05, 3.63) is 70.4 Å². The Morgan fingerprint density at radius 3 is 2.55 bits per heavy atom. The van der Waals surface area contributed by atoms with E-state index in [0.717, 1.165) is 24.4 Å². The number of nitrogens with zero attached hydrogens (tertiary/aromatic N) is 2. The van der Waals surface area contributed by atoms with Gasteiger partial charge in [-0.2, -0.15) is 26.3 Å². The maximum absolute atomic E-state index is 13.1. The minimum absolute atomic E-state index is 0.0519. The van der Waals surface area contributed by atoms with Gasteiger partial charge in [-0.05, 0) is 55.7 Å². The fraction of sp³-hybridized carbons (Fsp3) is 0.318. The maximum atomic E-state index is 13.1. The van der Waals surface area contributed by atoms with Crippen LogP contribution >= 0.6 is 0 Å². The van der Waals surface area contributed by atoms with Crippen LogP contribution in [0.15, 0.2) is 40.9 Å². The summed E-state index contributed by atoms with van der Waals surface area (Å²) in [5, 5.41) is 2.68. The summed E-state index contributed by atoms with van der Waals surface area (Å²) in [6.45, 7) is 1.46. The summed E-state index contributed by atoms with van der Waals surface area (Å²) in [5.41, 5.74) is -1.48. The molecule has 33 heavy (non-hydrogen) atoms. The van der Waals surface area contributed by atoms with E-state index in [-0.39, 0.29) is 22.6 Å². The van der Waals surface area contributed by atoms with Crippen molar-refractivity contribution in [2.45, 2.75) is 44.6 Å². The second-order valence-electron chi connectivity index (χ2n) is 7.76. The number of amides is 1. The van der Waals surface area contributed by atoms with Crippen LogP contribution in [0.1, 0.15) is 57.5 Å². The van der Waals surface area contributed by atoms with E-state index in [4.69, 9.17) is 4.42 Å². The number of pyridine rings is 1. The molecule has 0 fully saturated rings. The van der Waals surface area contributed by atoms with Gasteiger partial charge in [-0.1, -0.05) is 0 Å². The summed E-state index contributed by atoms with van der Waals surface area (Å²) in [6, 6.07) is 4.55. The van der Waals surface area contributed by atoms with Crippen molar-refractivity contribution in [2.24, 2.45) is 0 Å². The number of aromatic nitrogens is 2. The summed E-state index contributed by atoms with van der Waals surface area (Å²) in [4.78, 5) is 20.3. The lowest BCUT2D eigenvalue weighted by Gasteiger charge is -2.21. The number of carbonyl (C=O) groups is 1. The monoisotopic (exact) mass is 469 g/mol. The summed E-state index contributed by atoms with van der Waals surface area (Å²) in [6.07, 6.45) is -6.72. The molecule has 2 heterocycles. The number of fused-ring (bicyclic) bond motifs is 1. The molecule has 0 aliphatic heterocycles. The Bertz CT molecular complexity index is 1200. The van der Waals surface area contributed by atoms with Crippen molar-refractivity contribution in [1.82, 2.24) is 15.3 Å². The molecule has 1 N–H and O–H groups in total. The van der Waals surface area contributed by atoms with Gasteiger partial charge in [0.2, 0.25) is 5.89 Å². The van der Waals surface area contributed by atoms with Gasteiger partial charge in [-0.3, -0.25) is 9.78 Å². The number of hydrogen-bond donors (Lipinski definition) is 1. The van der Waals surface area contributed by atoms with Gasteiger partial charge in [-0.25, -0.2) is 4.98 Å². The molecule has 0 unspecified atom stereocenters. The molecule has 11 heteroatoms. The quantitative estimate of drug-likeness (QED) is 0.486. The number of oxazole rings is 1. The van der Waals surface area contributed by atoms with E-state index in [1.807, 2.05) is 0 Å². The van der Waals surface area contributed by atoms with E-state index in [1.54, 1.807) is 0 Å². The largest absolute Gasteiger partial charge is 0.441 e. The van der Waals surface area contributed by atoms with Crippen LogP contribution in [0.25, 0.3) is 11.5 Å². The first kappa shape index (κ1) is 22.8. The zero-order valence-electron chi connectivity index (χ0n) is 17.1. The summed E-state index contributed by atoms with van der Waals surface area (Å²) >= 11 is 0. The van der Waals surface area contributed by atoms with Gasteiger partial charge in [0.1, 0.15) is 17.1 Å². The van der Waals surface area contributed by atoms with Gasteiger partial charge < -0.3 is 9.73 Å². The standard InChI is InChI=1S/C22H17F6N3O2/c1-11-7-13(9-14(8-11)21(23,24)25)19(32)30-15-3-2-4-16-18(15)31-20(33-16)12-5-6-29-17(10-12)22(26,27)28/h5-10,15H,2-4H2,1H3,(H,30,32)/t15-/m0/s1. The van der Waals surface area contributed by atoms with Gasteiger partial charge in [-0.15, -0.1) is 0 Å². The highest BCUT2D eigenvalue weighted by molar-refractivity contribution is 5.95. The zero-order chi connectivity index (χ0) is 24.0. The van der Waals surface area contributed by atoms with Crippen LogP contribution < -0.4 is 5.32 Å². The van der Waals surface area contributed by atoms with Gasteiger partial charge in [0.15, 0.2) is 0 Å². The molecule has 0 spiro atoms. The molecule has 0 bridgehead atoms. The lowest BCUT2D eigenvalue weighted by molar-refractivity contribution is -0.141. The fourth-order valence-corrected chi connectivity index (χ4v) is 3.72. The molecule has 1 aromatic carbocycles. The van der Waals surface area contributed by atoms with Crippen molar-refractivity contribution in [3.8, 4) is 11.5 Å². The first-order chi connectivity index (χ1) is 15.4. The minimum atomic E-state index is -4.64. The Kier molecular flexibility index (Phi) is 5.67. The Morgan fingerprint density at radius 1 is 1.09 bits per heavy atom. The molecule has 1 atom stereocenters. The summed E-state index contributed by atoms with van der Waals surface area (Å²) in [7, 11) is 0. The molecule has 2 aromatic heterocycles. The van der Waals surface area contributed by atoms with Gasteiger partial charge in [0.05, 0.1) is 11.6 Å². The highest BCUT2D eigenvalue weighted by Gasteiger charge is 2.34. The molecular formula is C22H17F6N3O2. The molecule has 5 nitrogen and oxygen atoms in total. The van der Waals surface area contributed by atoms with E-state index in [2.05, 4.69) is 15.3 Å². The Morgan fingerprint density at radius 2 is 1.85 bits per heavy atom. The molecular weight excluding hydrogens is 452 g/mol. The second-order valence-corrected chi connectivity index (χ2v) is 7.76. The second kappa shape index (κ2) is 8.20. The molecule has 1 aliphatic rings. The Hall–Kier alpha value is -3.37. The maximum Gasteiger partial charge on any atom is 0.433 e. The van der Waals surface area contributed by atoms with Gasteiger partial charge in [0, 0.05) is 23.7 Å². The van der Waals surface area contributed by atoms with E-state index in [9.17, 15) is 31.1 Å². The lowest BCUT2D eigenvalue weighted by atomic mass is 9.96. The van der Waals surface area contributed by atoms with Crippen LogP contribution in [0, 0.1) is 6.92 Å². The fourth-order valence-electron chi connectivity index (χ4n) is 3.72. The third kappa shape index (κ3) is 4.86. The van der Waals surface area contributed by atoms with Gasteiger partial charge in [0.25, 0.3) is 5.91 Å².